The highest BCUT2D eigenvalue weighted by molar-refractivity contribution is 5.53. The summed E-state index contributed by atoms with van der Waals surface area (Å²) in [6.07, 6.45) is 0.586. The molecule has 1 aromatic rings. The van der Waals surface area contributed by atoms with Crippen molar-refractivity contribution in [3.63, 3.8) is 0 Å². The van der Waals surface area contributed by atoms with Crippen LogP contribution in [0.4, 0.5) is 10.1 Å². The quantitative estimate of drug-likeness (QED) is 0.732. The van der Waals surface area contributed by atoms with Gasteiger partial charge in [-0.25, -0.2) is 4.39 Å². The molecule has 0 aromatic heterocycles. The van der Waals surface area contributed by atoms with E-state index in [1.54, 1.807) is 13.0 Å². The van der Waals surface area contributed by atoms with E-state index in [4.69, 9.17) is 0 Å². The molecule has 0 aliphatic carbocycles. The fraction of sp³-hybridized carbons (Fsp3) is 0.571. The molecule has 1 atom stereocenters. The van der Waals surface area contributed by atoms with E-state index in [1.807, 2.05) is 18.0 Å². The van der Waals surface area contributed by atoms with Crippen molar-refractivity contribution in [2.24, 2.45) is 0 Å². The van der Waals surface area contributed by atoms with Gasteiger partial charge in [0.15, 0.2) is 0 Å². The molecule has 0 amide bonds. The fourth-order valence-corrected chi connectivity index (χ4v) is 1.96. The maximum Gasteiger partial charge on any atom is 0.129 e. The van der Waals surface area contributed by atoms with Crippen LogP contribution >= 0.6 is 0 Å². The van der Waals surface area contributed by atoms with Gasteiger partial charge in [0.25, 0.3) is 0 Å². The topological polar surface area (TPSA) is 35.5 Å². The van der Waals surface area contributed by atoms with Crippen LogP contribution in [0.1, 0.15) is 25.8 Å². The lowest BCUT2D eigenvalue weighted by Crippen LogP contribution is -2.29. The van der Waals surface area contributed by atoms with E-state index < -0.39 is 6.10 Å². The molecule has 0 saturated heterocycles. The number of nitrogens with zero attached hydrogens (tertiary/aromatic N) is 1. The van der Waals surface area contributed by atoms with Crippen molar-refractivity contribution in [1.29, 1.82) is 0 Å². The predicted octanol–water partition coefficient (Wildman–Crippen LogP) is 2.14. The molecular weight excluding hydrogens is 231 g/mol. The van der Waals surface area contributed by atoms with Gasteiger partial charge < -0.3 is 15.3 Å². The summed E-state index contributed by atoms with van der Waals surface area (Å²) in [7, 11) is 1.87. The monoisotopic (exact) mass is 254 g/mol. The summed E-state index contributed by atoms with van der Waals surface area (Å²) in [5, 5.41) is 12.6. The lowest BCUT2D eigenvalue weighted by atomic mass is 10.1. The molecule has 3 nitrogen and oxygen atoms in total. The maximum absolute atomic E-state index is 13.8. The van der Waals surface area contributed by atoms with Gasteiger partial charge in [-0.15, -0.1) is 0 Å². The Balaban J connectivity index is 2.85. The van der Waals surface area contributed by atoms with Crippen LogP contribution in [0, 0.1) is 5.82 Å². The van der Waals surface area contributed by atoms with Gasteiger partial charge in [-0.2, -0.15) is 0 Å². The third kappa shape index (κ3) is 4.27. The fourth-order valence-electron chi connectivity index (χ4n) is 1.96. The molecular formula is C14H23FN2O. The molecule has 1 rings (SSSR count). The van der Waals surface area contributed by atoms with Crippen molar-refractivity contribution >= 4 is 5.69 Å². The second-order valence-electron chi connectivity index (χ2n) is 4.64. The van der Waals surface area contributed by atoms with E-state index in [0.717, 1.165) is 18.7 Å². The Labute approximate surface area is 109 Å². The van der Waals surface area contributed by atoms with Gasteiger partial charge in [-0.05, 0) is 32.0 Å². The van der Waals surface area contributed by atoms with E-state index in [9.17, 15) is 9.50 Å². The smallest absolute Gasteiger partial charge is 0.129 e. The third-order valence-corrected chi connectivity index (χ3v) is 2.77. The van der Waals surface area contributed by atoms with Crippen molar-refractivity contribution in [1.82, 2.24) is 5.32 Å². The standard InChI is InChI=1S/C14H23FN2O/c1-4-8-16-9-12-13(15)6-5-7-14(12)17(3)10-11(2)18/h5-7,11,16,18H,4,8-10H2,1-3H3. The minimum absolute atomic E-state index is 0.200. The lowest BCUT2D eigenvalue weighted by Gasteiger charge is -2.24. The Bertz CT molecular complexity index is 369. The molecule has 0 aliphatic heterocycles. The molecule has 0 radical (unpaired) electrons. The first kappa shape index (κ1) is 14.9. The van der Waals surface area contributed by atoms with E-state index in [-0.39, 0.29) is 5.82 Å². The number of likely N-dealkylation sites (N-methyl/N-ethyl adjacent to an activating group) is 1. The summed E-state index contributed by atoms with van der Waals surface area (Å²) >= 11 is 0. The highest BCUT2D eigenvalue weighted by Crippen LogP contribution is 2.22. The molecule has 0 fully saturated rings. The molecule has 0 spiro atoms. The normalized spacial score (nSPS) is 12.5. The molecule has 1 aromatic carbocycles. The van der Waals surface area contributed by atoms with Crippen LogP contribution in [0.25, 0.3) is 0 Å². The Morgan fingerprint density at radius 2 is 2.17 bits per heavy atom. The SMILES string of the molecule is CCCNCc1c(F)cccc1N(C)CC(C)O. The second kappa shape index (κ2) is 7.34. The molecule has 0 aliphatic rings. The Kier molecular flexibility index (Phi) is 6.09. The molecule has 102 valence electrons. The maximum atomic E-state index is 13.8. The molecule has 0 saturated carbocycles. The third-order valence-electron chi connectivity index (χ3n) is 2.77. The zero-order chi connectivity index (χ0) is 13.5. The van der Waals surface area contributed by atoms with Crippen LogP contribution < -0.4 is 10.2 Å². The summed E-state index contributed by atoms with van der Waals surface area (Å²) in [6.45, 7) is 5.68. The highest BCUT2D eigenvalue weighted by atomic mass is 19.1. The summed E-state index contributed by atoms with van der Waals surface area (Å²) in [4.78, 5) is 1.89. The van der Waals surface area contributed by atoms with E-state index in [0.29, 0.717) is 18.7 Å². The number of hydrogen-bond donors (Lipinski definition) is 2. The number of aliphatic hydroxyl groups excluding tert-OH is 1. The molecule has 1 unspecified atom stereocenters. The number of aliphatic hydroxyl groups is 1. The zero-order valence-corrected chi connectivity index (χ0v) is 11.4. The number of hydrogen-bond acceptors (Lipinski definition) is 3. The van der Waals surface area contributed by atoms with Crippen LogP contribution in [0.15, 0.2) is 18.2 Å². The molecule has 0 heterocycles. The Morgan fingerprint density at radius 3 is 2.78 bits per heavy atom. The van der Waals surface area contributed by atoms with Crippen molar-refractivity contribution in [3.05, 3.63) is 29.6 Å². The molecule has 4 heteroatoms. The molecule has 18 heavy (non-hydrogen) atoms. The van der Waals surface area contributed by atoms with Crippen LogP contribution in [0.2, 0.25) is 0 Å². The van der Waals surface area contributed by atoms with Gasteiger partial charge in [0.2, 0.25) is 0 Å². The van der Waals surface area contributed by atoms with E-state index in [1.165, 1.54) is 6.07 Å². The summed E-state index contributed by atoms with van der Waals surface area (Å²) in [6, 6.07) is 5.06. The lowest BCUT2D eigenvalue weighted by molar-refractivity contribution is 0.201. The number of benzene rings is 1. The largest absolute Gasteiger partial charge is 0.392 e. The zero-order valence-electron chi connectivity index (χ0n) is 11.4. The van der Waals surface area contributed by atoms with Crippen molar-refractivity contribution in [2.45, 2.75) is 32.9 Å². The molecule has 0 bridgehead atoms. The number of halogens is 1. The van der Waals surface area contributed by atoms with Gasteiger partial charge in [0, 0.05) is 31.4 Å². The van der Waals surface area contributed by atoms with Gasteiger partial charge in [-0.3, -0.25) is 0 Å². The minimum Gasteiger partial charge on any atom is -0.392 e. The van der Waals surface area contributed by atoms with Crippen LogP contribution in [-0.2, 0) is 6.54 Å². The average molecular weight is 254 g/mol. The Morgan fingerprint density at radius 1 is 1.44 bits per heavy atom. The summed E-state index contributed by atoms with van der Waals surface area (Å²) in [5.41, 5.74) is 1.49. The van der Waals surface area contributed by atoms with Crippen LogP contribution in [-0.4, -0.2) is 31.3 Å². The Hall–Kier alpha value is -1.13. The van der Waals surface area contributed by atoms with Crippen LogP contribution in [0.5, 0.6) is 0 Å². The van der Waals surface area contributed by atoms with Gasteiger partial charge in [-0.1, -0.05) is 13.0 Å². The van der Waals surface area contributed by atoms with Crippen molar-refractivity contribution < 1.29 is 9.50 Å². The van der Waals surface area contributed by atoms with E-state index >= 15 is 0 Å². The van der Waals surface area contributed by atoms with Crippen molar-refractivity contribution in [2.75, 3.05) is 25.0 Å². The van der Waals surface area contributed by atoms with E-state index in [2.05, 4.69) is 12.2 Å². The first-order valence-electron chi connectivity index (χ1n) is 6.43. The first-order valence-corrected chi connectivity index (χ1v) is 6.43. The van der Waals surface area contributed by atoms with Gasteiger partial charge in [0.1, 0.15) is 5.82 Å². The van der Waals surface area contributed by atoms with Gasteiger partial charge >= 0.3 is 0 Å². The summed E-state index contributed by atoms with van der Waals surface area (Å²) in [5.74, 6) is -0.200. The van der Waals surface area contributed by atoms with Gasteiger partial charge in [0.05, 0.1) is 6.10 Å². The predicted molar refractivity (Wildman–Crippen MR) is 73.3 cm³/mol. The number of anilines is 1. The van der Waals surface area contributed by atoms with Crippen LogP contribution in [0.3, 0.4) is 0 Å². The highest BCUT2D eigenvalue weighted by Gasteiger charge is 2.12. The number of rotatable bonds is 7. The minimum atomic E-state index is -0.435. The second-order valence-corrected chi connectivity index (χ2v) is 4.64. The van der Waals surface area contributed by atoms with Crippen molar-refractivity contribution in [3.8, 4) is 0 Å². The molecule has 2 N–H and O–H groups in total. The summed E-state index contributed by atoms with van der Waals surface area (Å²) < 4.78 is 13.8. The number of nitrogens with one attached hydrogen (secondary N) is 1. The average Bonchev–Trinajstić information content (AvgIpc) is 2.30. The first-order chi connectivity index (χ1) is 8.56.